The highest BCUT2D eigenvalue weighted by Crippen LogP contribution is 2.35. The normalized spacial score (nSPS) is 14.2. The molecule has 1 heterocycles. The lowest BCUT2D eigenvalue weighted by molar-refractivity contribution is -0.139. The summed E-state index contributed by atoms with van der Waals surface area (Å²) in [5.74, 6) is 0.539. The fourth-order valence-corrected chi connectivity index (χ4v) is 5.33. The molecule has 0 saturated carbocycles. The molecule has 0 bridgehead atoms. The predicted molar refractivity (Wildman–Crippen MR) is 186 cm³/mol. The Labute approximate surface area is 284 Å². The number of nitrogens with one attached hydrogen (secondary N) is 3. The van der Waals surface area contributed by atoms with Gasteiger partial charge in [-0.3, -0.25) is 4.79 Å². The number of amides is 1. The lowest BCUT2D eigenvalue weighted by atomic mass is 9.95. The van der Waals surface area contributed by atoms with E-state index in [9.17, 15) is 9.59 Å². The number of nitrogens with zero attached hydrogens (tertiary/aromatic N) is 1. The van der Waals surface area contributed by atoms with Gasteiger partial charge in [-0.05, 0) is 69.2 Å². The van der Waals surface area contributed by atoms with Gasteiger partial charge in [0.1, 0.15) is 12.4 Å². The average Bonchev–Trinajstić information content (AvgIpc) is 3.04. The predicted octanol–water partition coefficient (Wildman–Crippen LogP) is 5.93. The number of benzene rings is 3. The molecule has 0 spiro atoms. The van der Waals surface area contributed by atoms with Crippen molar-refractivity contribution in [3.8, 4) is 17.2 Å². The first-order valence-corrected chi connectivity index (χ1v) is 15.8. The largest absolute Gasteiger partial charge is 0.490 e. The molecule has 0 aliphatic carbocycles. The second-order valence-corrected chi connectivity index (χ2v) is 11.0. The molecule has 246 valence electrons. The number of hydrogen-bond donors (Lipinski definition) is 3. The quantitative estimate of drug-likeness (QED) is 0.0592. The van der Waals surface area contributed by atoms with Gasteiger partial charge in [0.2, 0.25) is 0 Å². The minimum atomic E-state index is -0.638. The molecule has 0 saturated heterocycles. The zero-order valence-corrected chi connectivity index (χ0v) is 28.0. The summed E-state index contributed by atoms with van der Waals surface area (Å²) in [6, 6.07) is 17.6. The van der Waals surface area contributed by atoms with Crippen molar-refractivity contribution in [1.82, 2.24) is 16.1 Å². The van der Waals surface area contributed by atoms with Crippen molar-refractivity contribution in [3.63, 3.8) is 0 Å². The lowest BCUT2D eigenvalue weighted by Crippen LogP contribution is -2.45. The summed E-state index contributed by atoms with van der Waals surface area (Å²) >= 11 is 11.7. The third-order valence-corrected chi connectivity index (χ3v) is 7.49. The Hall–Kier alpha value is -4.87. The Kier molecular flexibility index (Phi) is 12.8. The topological polar surface area (TPSA) is 120 Å². The van der Waals surface area contributed by atoms with E-state index in [4.69, 9.17) is 42.8 Å². The van der Waals surface area contributed by atoms with E-state index in [0.717, 1.165) is 11.1 Å². The van der Waals surface area contributed by atoms with Gasteiger partial charge in [0.25, 0.3) is 5.91 Å². The van der Waals surface area contributed by atoms with Gasteiger partial charge in [0.05, 0.1) is 31.0 Å². The van der Waals surface area contributed by atoms with Crippen LogP contribution < -0.4 is 30.3 Å². The van der Waals surface area contributed by atoms with Crippen LogP contribution in [-0.2, 0) is 27.4 Å². The molecule has 12 heteroatoms. The van der Waals surface area contributed by atoms with Crippen LogP contribution in [0.2, 0.25) is 5.02 Å². The van der Waals surface area contributed by atoms with Crippen LogP contribution in [0.25, 0.3) is 0 Å². The van der Waals surface area contributed by atoms with Gasteiger partial charge in [0.15, 0.2) is 23.2 Å². The molecule has 3 aromatic rings. The summed E-state index contributed by atoms with van der Waals surface area (Å²) < 4.78 is 23.2. The van der Waals surface area contributed by atoms with Crippen LogP contribution in [0.5, 0.6) is 17.2 Å². The highest BCUT2D eigenvalue weighted by Gasteiger charge is 2.32. The molecule has 0 fully saturated rings. The smallest absolute Gasteiger partial charge is 0.338 e. The zero-order chi connectivity index (χ0) is 33.8. The molecule has 0 unspecified atom stereocenters. The Morgan fingerprint density at radius 3 is 2.53 bits per heavy atom. The van der Waals surface area contributed by atoms with E-state index in [1.165, 1.54) is 6.21 Å². The molecule has 1 aliphatic heterocycles. The number of ether oxygens (including phenoxy) is 4. The first-order valence-electron chi connectivity index (χ1n) is 15.0. The van der Waals surface area contributed by atoms with Crippen molar-refractivity contribution in [3.05, 3.63) is 112 Å². The van der Waals surface area contributed by atoms with Crippen LogP contribution in [0.3, 0.4) is 0 Å². The van der Waals surface area contributed by atoms with Gasteiger partial charge in [-0.1, -0.05) is 54.1 Å². The number of halogens is 1. The van der Waals surface area contributed by atoms with Crippen molar-refractivity contribution in [2.24, 2.45) is 5.10 Å². The van der Waals surface area contributed by atoms with Gasteiger partial charge in [-0.15, -0.1) is 6.58 Å². The molecule has 0 radical (unpaired) electrons. The van der Waals surface area contributed by atoms with Gasteiger partial charge in [-0.2, -0.15) is 5.10 Å². The van der Waals surface area contributed by atoms with Crippen LogP contribution >= 0.6 is 23.8 Å². The van der Waals surface area contributed by atoms with Crippen molar-refractivity contribution < 1.29 is 28.5 Å². The van der Waals surface area contributed by atoms with Crippen LogP contribution in [-0.4, -0.2) is 43.0 Å². The summed E-state index contributed by atoms with van der Waals surface area (Å²) in [4.78, 5) is 25.5. The summed E-state index contributed by atoms with van der Waals surface area (Å²) in [6.07, 6.45) is 3.80. The fraction of sp³-hybridized carbons (Fsp3) is 0.257. The SMILES string of the molecule is C=CCc1cc(C=NNC(=O)COc2ccccc2[C@H]2NC(=S)NC(C)=C2C(=O)OCC)cc(OCC)c1OCc1ccccc1Cl. The Bertz CT molecular complexity index is 1690. The molecule has 1 aliphatic rings. The van der Waals surface area contributed by atoms with Gasteiger partial charge in [0, 0.05) is 27.4 Å². The fourth-order valence-electron chi connectivity index (χ4n) is 4.87. The van der Waals surface area contributed by atoms with E-state index < -0.39 is 17.9 Å². The van der Waals surface area contributed by atoms with E-state index >= 15 is 0 Å². The minimum Gasteiger partial charge on any atom is -0.490 e. The highest BCUT2D eigenvalue weighted by molar-refractivity contribution is 7.80. The Balaban J connectivity index is 1.46. The lowest BCUT2D eigenvalue weighted by Gasteiger charge is -2.30. The van der Waals surface area contributed by atoms with Crippen LogP contribution in [0, 0.1) is 0 Å². The Morgan fingerprint density at radius 1 is 1.02 bits per heavy atom. The molecule has 0 aromatic heterocycles. The summed E-state index contributed by atoms with van der Waals surface area (Å²) in [6.45, 7) is 9.81. The van der Waals surface area contributed by atoms with Crippen molar-refractivity contribution in [2.75, 3.05) is 19.8 Å². The van der Waals surface area contributed by atoms with Crippen LogP contribution in [0.1, 0.15) is 49.1 Å². The number of esters is 1. The van der Waals surface area contributed by atoms with Gasteiger partial charge < -0.3 is 29.6 Å². The number of hydrogen-bond acceptors (Lipinski definition) is 8. The number of thiocarbonyl (C=S) groups is 1. The molecule has 1 atom stereocenters. The zero-order valence-electron chi connectivity index (χ0n) is 26.4. The van der Waals surface area contributed by atoms with Crippen LogP contribution in [0.4, 0.5) is 0 Å². The molecular weight excluding hydrogens is 640 g/mol. The van der Waals surface area contributed by atoms with E-state index in [1.807, 2.05) is 43.3 Å². The third kappa shape index (κ3) is 9.34. The second-order valence-electron chi connectivity index (χ2n) is 10.2. The summed E-state index contributed by atoms with van der Waals surface area (Å²) in [7, 11) is 0. The van der Waals surface area contributed by atoms with Crippen molar-refractivity contribution in [2.45, 2.75) is 39.8 Å². The van der Waals surface area contributed by atoms with Crippen molar-refractivity contribution in [1.29, 1.82) is 0 Å². The molecule has 4 rings (SSSR count). The maximum absolute atomic E-state index is 12.8. The van der Waals surface area contributed by atoms with Crippen molar-refractivity contribution >= 4 is 47.0 Å². The number of hydrazone groups is 1. The number of para-hydroxylation sites is 1. The molecule has 1 amide bonds. The maximum atomic E-state index is 12.8. The maximum Gasteiger partial charge on any atom is 0.338 e. The third-order valence-electron chi connectivity index (χ3n) is 6.90. The monoisotopic (exact) mass is 676 g/mol. The molecule has 10 nitrogen and oxygen atoms in total. The number of carbonyl (C=O) groups is 2. The highest BCUT2D eigenvalue weighted by atomic mass is 35.5. The number of allylic oxidation sites excluding steroid dienone is 2. The van der Waals surface area contributed by atoms with E-state index in [-0.39, 0.29) is 19.8 Å². The van der Waals surface area contributed by atoms with E-state index in [0.29, 0.717) is 62.8 Å². The number of rotatable bonds is 15. The molecular formula is C35H37ClN4O6S. The first-order chi connectivity index (χ1) is 22.7. The first kappa shape index (κ1) is 35.0. The molecule has 47 heavy (non-hydrogen) atoms. The van der Waals surface area contributed by atoms with E-state index in [2.05, 4.69) is 27.7 Å². The van der Waals surface area contributed by atoms with Crippen LogP contribution in [0.15, 0.2) is 89.7 Å². The average molecular weight is 677 g/mol. The molecule has 3 N–H and O–H groups in total. The second kappa shape index (κ2) is 17.2. The van der Waals surface area contributed by atoms with Gasteiger partial charge in [-0.25, -0.2) is 10.2 Å². The number of carbonyl (C=O) groups excluding carboxylic acids is 2. The van der Waals surface area contributed by atoms with E-state index in [1.54, 1.807) is 44.2 Å². The summed E-state index contributed by atoms with van der Waals surface area (Å²) in [5.41, 5.74) is 6.42. The van der Waals surface area contributed by atoms with Gasteiger partial charge >= 0.3 is 5.97 Å². The molecule has 3 aromatic carbocycles. The standard InChI is InChI=1S/C35H37ClN4O6S/c1-5-12-24-17-23(18-29(43-6-2)33(24)46-20-25-13-8-10-15-27(25)36)19-37-40-30(41)21-45-28-16-11-9-14-26(28)32-31(34(42)44-7-3)22(4)38-35(47)39-32/h5,8-11,13-19,32H,1,6-7,12,20-21H2,2-4H3,(H,40,41)(H2,38,39,47)/t32-/m1/s1. The minimum absolute atomic E-state index is 0.218. The Morgan fingerprint density at radius 2 is 1.79 bits per heavy atom. The summed E-state index contributed by atoms with van der Waals surface area (Å²) in [5, 5.41) is 11.2.